The van der Waals surface area contributed by atoms with Crippen LogP contribution in [0.15, 0.2) is 24.3 Å². The van der Waals surface area contributed by atoms with E-state index in [0.717, 1.165) is 11.3 Å². The van der Waals surface area contributed by atoms with E-state index in [1.54, 1.807) is 45.0 Å². The molecule has 0 bridgehead atoms. The average molecular weight is 339 g/mol. The molecule has 116 valence electrons. The van der Waals surface area contributed by atoms with Crippen LogP contribution in [-0.4, -0.2) is 23.0 Å². The Hall–Kier alpha value is -1.92. The Bertz CT molecular complexity index is 713. The molecule has 2 aromatic rings. The van der Waals surface area contributed by atoms with Crippen molar-refractivity contribution in [2.24, 2.45) is 0 Å². The minimum atomic E-state index is -0.437. The predicted molar refractivity (Wildman–Crippen MR) is 86.8 cm³/mol. The van der Waals surface area contributed by atoms with Crippen LogP contribution in [-0.2, 0) is 4.74 Å². The number of anilines is 1. The number of carbonyl (C=O) groups excluding carboxylic acids is 2. The molecule has 5 nitrogen and oxygen atoms in total. The Morgan fingerprint density at radius 3 is 2.73 bits per heavy atom. The molecule has 1 aromatic carbocycles. The lowest BCUT2D eigenvalue weighted by Gasteiger charge is -2.05. The van der Waals surface area contributed by atoms with E-state index in [9.17, 15) is 9.59 Å². The minimum Gasteiger partial charge on any atom is -0.459 e. The maximum Gasteiger partial charge on any atom is 0.350 e. The fraction of sp³-hybridized carbons (Fsp3) is 0.267. The number of rotatable bonds is 4. The first kappa shape index (κ1) is 16.5. The molecule has 0 fully saturated rings. The first-order chi connectivity index (χ1) is 10.4. The van der Waals surface area contributed by atoms with Crippen LogP contribution in [0.2, 0.25) is 5.02 Å². The zero-order valence-electron chi connectivity index (χ0n) is 12.3. The SMILES string of the molecule is Cc1nc(NC(=O)c2cccc(Cl)c2)sc1C(=O)OC(C)C. The van der Waals surface area contributed by atoms with E-state index in [-0.39, 0.29) is 12.0 Å². The largest absolute Gasteiger partial charge is 0.459 e. The highest BCUT2D eigenvalue weighted by molar-refractivity contribution is 7.17. The van der Waals surface area contributed by atoms with Gasteiger partial charge in [0, 0.05) is 10.6 Å². The molecule has 0 aliphatic heterocycles. The number of esters is 1. The fourth-order valence-electron chi connectivity index (χ4n) is 1.71. The molecule has 1 heterocycles. The molecule has 1 N–H and O–H groups in total. The van der Waals surface area contributed by atoms with E-state index in [4.69, 9.17) is 16.3 Å². The smallest absolute Gasteiger partial charge is 0.350 e. The van der Waals surface area contributed by atoms with Gasteiger partial charge in [0.2, 0.25) is 0 Å². The molecule has 22 heavy (non-hydrogen) atoms. The van der Waals surface area contributed by atoms with Gasteiger partial charge in [-0.3, -0.25) is 10.1 Å². The first-order valence-electron chi connectivity index (χ1n) is 6.62. The van der Waals surface area contributed by atoms with Gasteiger partial charge in [-0.2, -0.15) is 0 Å². The predicted octanol–water partition coefficient (Wildman–Crippen LogP) is 3.92. The molecule has 1 aromatic heterocycles. The fourth-order valence-corrected chi connectivity index (χ4v) is 2.74. The summed E-state index contributed by atoms with van der Waals surface area (Å²) in [5.74, 6) is -0.770. The molecule has 0 aliphatic carbocycles. The average Bonchev–Trinajstić information content (AvgIpc) is 2.79. The molecule has 0 saturated heterocycles. The summed E-state index contributed by atoms with van der Waals surface area (Å²) < 4.78 is 5.14. The summed E-state index contributed by atoms with van der Waals surface area (Å²) in [7, 11) is 0. The summed E-state index contributed by atoms with van der Waals surface area (Å²) in [6.45, 7) is 5.24. The van der Waals surface area contributed by atoms with E-state index < -0.39 is 5.97 Å². The van der Waals surface area contributed by atoms with E-state index in [2.05, 4.69) is 10.3 Å². The Labute approximate surface area is 137 Å². The monoisotopic (exact) mass is 338 g/mol. The van der Waals surface area contributed by atoms with Crippen LogP contribution >= 0.6 is 22.9 Å². The molecule has 0 aliphatic rings. The Morgan fingerprint density at radius 2 is 2.09 bits per heavy atom. The molecule has 0 radical (unpaired) electrons. The zero-order chi connectivity index (χ0) is 16.3. The van der Waals surface area contributed by atoms with Crippen LogP contribution < -0.4 is 5.32 Å². The van der Waals surface area contributed by atoms with Crippen LogP contribution in [0.3, 0.4) is 0 Å². The van der Waals surface area contributed by atoms with Gasteiger partial charge < -0.3 is 4.74 Å². The van der Waals surface area contributed by atoms with Gasteiger partial charge in [-0.1, -0.05) is 29.0 Å². The number of aryl methyl sites for hydroxylation is 1. The van der Waals surface area contributed by atoms with Gasteiger partial charge in [-0.05, 0) is 39.0 Å². The van der Waals surface area contributed by atoms with Crippen molar-refractivity contribution in [1.82, 2.24) is 4.98 Å². The molecular formula is C15H15ClN2O3S. The second-order valence-corrected chi connectivity index (χ2v) is 6.29. The number of thiazole rings is 1. The van der Waals surface area contributed by atoms with Gasteiger partial charge in [0.1, 0.15) is 4.88 Å². The second-order valence-electron chi connectivity index (χ2n) is 4.85. The Morgan fingerprint density at radius 1 is 1.36 bits per heavy atom. The van der Waals surface area contributed by atoms with Crippen molar-refractivity contribution in [3.05, 3.63) is 45.4 Å². The maximum atomic E-state index is 12.1. The van der Waals surface area contributed by atoms with Gasteiger partial charge in [-0.15, -0.1) is 0 Å². The van der Waals surface area contributed by atoms with Crippen molar-refractivity contribution in [3.8, 4) is 0 Å². The molecule has 0 spiro atoms. The Balaban J connectivity index is 2.14. The summed E-state index contributed by atoms with van der Waals surface area (Å²) in [6.07, 6.45) is -0.210. The lowest BCUT2D eigenvalue weighted by atomic mass is 10.2. The highest BCUT2D eigenvalue weighted by Gasteiger charge is 2.19. The van der Waals surface area contributed by atoms with Gasteiger partial charge in [0.15, 0.2) is 5.13 Å². The van der Waals surface area contributed by atoms with Crippen LogP contribution in [0.4, 0.5) is 5.13 Å². The van der Waals surface area contributed by atoms with Crippen molar-refractivity contribution in [1.29, 1.82) is 0 Å². The summed E-state index contributed by atoms with van der Waals surface area (Å²) in [5.41, 5.74) is 0.948. The normalized spacial score (nSPS) is 10.6. The van der Waals surface area contributed by atoms with Crippen molar-refractivity contribution < 1.29 is 14.3 Å². The zero-order valence-corrected chi connectivity index (χ0v) is 13.9. The lowest BCUT2D eigenvalue weighted by Crippen LogP contribution is -2.11. The van der Waals surface area contributed by atoms with Crippen LogP contribution in [0.5, 0.6) is 0 Å². The second kappa shape index (κ2) is 6.89. The van der Waals surface area contributed by atoms with Gasteiger partial charge in [0.25, 0.3) is 5.91 Å². The molecule has 0 unspecified atom stereocenters. The number of halogens is 1. The number of nitrogens with one attached hydrogen (secondary N) is 1. The van der Waals surface area contributed by atoms with Crippen LogP contribution in [0.1, 0.15) is 39.6 Å². The van der Waals surface area contributed by atoms with E-state index in [0.29, 0.717) is 26.3 Å². The quantitative estimate of drug-likeness (QED) is 0.858. The maximum absolute atomic E-state index is 12.1. The first-order valence-corrected chi connectivity index (χ1v) is 7.81. The number of nitrogens with zero attached hydrogens (tertiary/aromatic N) is 1. The third-order valence-corrected chi connectivity index (χ3v) is 3.92. The highest BCUT2D eigenvalue weighted by atomic mass is 35.5. The third-order valence-electron chi connectivity index (χ3n) is 2.63. The van der Waals surface area contributed by atoms with Gasteiger partial charge in [-0.25, -0.2) is 9.78 Å². The molecule has 1 amide bonds. The topological polar surface area (TPSA) is 68.3 Å². The summed E-state index contributed by atoms with van der Waals surface area (Å²) in [6, 6.07) is 6.59. The number of hydrogen-bond donors (Lipinski definition) is 1. The van der Waals surface area contributed by atoms with E-state index >= 15 is 0 Å². The minimum absolute atomic E-state index is 0.210. The number of carbonyl (C=O) groups is 2. The highest BCUT2D eigenvalue weighted by Crippen LogP contribution is 2.24. The molecule has 7 heteroatoms. The standard InChI is InChI=1S/C15H15ClN2O3S/c1-8(2)21-14(20)12-9(3)17-15(22-12)18-13(19)10-5-4-6-11(16)7-10/h4-8H,1-3H3,(H,17,18,19). The molecule has 0 atom stereocenters. The summed E-state index contributed by atoms with van der Waals surface area (Å²) in [5, 5.41) is 3.48. The Kier molecular flexibility index (Phi) is 5.15. The van der Waals surface area contributed by atoms with E-state index in [1.807, 2.05) is 0 Å². The van der Waals surface area contributed by atoms with Crippen molar-refractivity contribution in [3.63, 3.8) is 0 Å². The number of ether oxygens (including phenoxy) is 1. The lowest BCUT2D eigenvalue weighted by molar-refractivity contribution is 0.0382. The van der Waals surface area contributed by atoms with Crippen molar-refractivity contribution in [2.75, 3.05) is 5.32 Å². The van der Waals surface area contributed by atoms with Crippen LogP contribution in [0.25, 0.3) is 0 Å². The number of benzene rings is 1. The number of aromatic nitrogens is 1. The molecule has 0 saturated carbocycles. The molecule has 2 rings (SSSR count). The van der Waals surface area contributed by atoms with Gasteiger partial charge >= 0.3 is 5.97 Å². The van der Waals surface area contributed by atoms with Crippen LogP contribution in [0, 0.1) is 6.92 Å². The third kappa shape index (κ3) is 4.05. The number of hydrogen-bond acceptors (Lipinski definition) is 5. The molecular weight excluding hydrogens is 324 g/mol. The van der Waals surface area contributed by atoms with Crippen molar-refractivity contribution in [2.45, 2.75) is 26.9 Å². The van der Waals surface area contributed by atoms with Crippen molar-refractivity contribution >= 4 is 39.9 Å². The van der Waals surface area contributed by atoms with E-state index in [1.165, 1.54) is 0 Å². The van der Waals surface area contributed by atoms with Gasteiger partial charge in [0.05, 0.1) is 11.8 Å². The number of amides is 1. The summed E-state index contributed by atoms with van der Waals surface area (Å²) in [4.78, 5) is 28.6. The summed E-state index contributed by atoms with van der Waals surface area (Å²) >= 11 is 6.94.